The number of rotatable bonds is 10. The zero-order chi connectivity index (χ0) is 15.8. The first kappa shape index (κ1) is 19.3. The molecule has 0 aliphatic heterocycles. The van der Waals surface area contributed by atoms with Gasteiger partial charge in [0.25, 0.3) is 0 Å². The second kappa shape index (κ2) is 9.31. The minimum atomic E-state index is -3.26. The highest BCUT2D eigenvalue weighted by Crippen LogP contribution is 2.03. The van der Waals surface area contributed by atoms with E-state index in [4.69, 9.17) is 0 Å². The number of carbonyl (C=O) groups excluding carboxylic acids is 1. The lowest BCUT2D eigenvalue weighted by Gasteiger charge is -2.23. The summed E-state index contributed by atoms with van der Waals surface area (Å²) in [6.45, 7) is 4.11. The highest BCUT2D eigenvalue weighted by molar-refractivity contribution is 7.88. The quantitative estimate of drug-likeness (QED) is 0.588. The molecule has 20 heavy (non-hydrogen) atoms. The Morgan fingerprint density at radius 1 is 1.00 bits per heavy atom. The molecule has 0 spiro atoms. The summed E-state index contributed by atoms with van der Waals surface area (Å²) in [5.41, 5.74) is 0. The lowest BCUT2D eigenvalue weighted by atomic mass is 10.3. The first-order chi connectivity index (χ1) is 9.18. The van der Waals surface area contributed by atoms with Crippen LogP contribution in [0.3, 0.4) is 0 Å². The second-order valence-electron chi connectivity index (χ2n) is 5.38. The minimum absolute atomic E-state index is 0.00282. The fraction of sp³-hybridized carbons (Fsp3) is 0.923. The van der Waals surface area contributed by atoms with Crippen molar-refractivity contribution in [3.05, 3.63) is 0 Å². The van der Waals surface area contributed by atoms with Crippen molar-refractivity contribution in [2.45, 2.75) is 26.2 Å². The van der Waals surface area contributed by atoms with E-state index in [2.05, 4.69) is 6.92 Å². The predicted molar refractivity (Wildman–Crippen MR) is 82.1 cm³/mol. The molecule has 6 nitrogen and oxygen atoms in total. The van der Waals surface area contributed by atoms with Crippen molar-refractivity contribution in [3.63, 3.8) is 0 Å². The van der Waals surface area contributed by atoms with Gasteiger partial charge < -0.3 is 9.80 Å². The maximum absolute atomic E-state index is 11.9. The van der Waals surface area contributed by atoms with Gasteiger partial charge in [0.15, 0.2) is 0 Å². The van der Waals surface area contributed by atoms with Crippen LogP contribution in [-0.2, 0) is 14.8 Å². The van der Waals surface area contributed by atoms with Crippen LogP contribution in [0.1, 0.15) is 26.2 Å². The van der Waals surface area contributed by atoms with Crippen LogP contribution in [0.25, 0.3) is 0 Å². The van der Waals surface area contributed by atoms with Crippen LogP contribution in [-0.4, -0.2) is 82.0 Å². The number of hydrogen-bond donors (Lipinski definition) is 0. The molecule has 0 saturated carbocycles. The number of amides is 1. The molecule has 7 heteroatoms. The van der Waals surface area contributed by atoms with E-state index in [1.54, 1.807) is 11.9 Å². The highest BCUT2D eigenvalue weighted by atomic mass is 32.2. The Morgan fingerprint density at radius 2 is 1.60 bits per heavy atom. The molecule has 0 rings (SSSR count). The van der Waals surface area contributed by atoms with E-state index in [1.165, 1.54) is 10.6 Å². The lowest BCUT2D eigenvalue weighted by Crippen LogP contribution is -2.39. The first-order valence-electron chi connectivity index (χ1n) is 7.02. The molecule has 0 aliphatic rings. The van der Waals surface area contributed by atoms with Gasteiger partial charge in [-0.1, -0.05) is 13.3 Å². The number of hydrogen-bond acceptors (Lipinski definition) is 4. The van der Waals surface area contributed by atoms with Crippen molar-refractivity contribution in [3.8, 4) is 0 Å². The third kappa shape index (κ3) is 8.50. The van der Waals surface area contributed by atoms with Crippen molar-refractivity contribution in [1.29, 1.82) is 0 Å². The van der Waals surface area contributed by atoms with Gasteiger partial charge >= 0.3 is 0 Å². The van der Waals surface area contributed by atoms with E-state index in [9.17, 15) is 13.2 Å². The van der Waals surface area contributed by atoms with Gasteiger partial charge in [-0.25, -0.2) is 12.7 Å². The van der Waals surface area contributed by atoms with Gasteiger partial charge in [-0.05, 0) is 20.5 Å². The molecule has 1 amide bonds. The summed E-state index contributed by atoms with van der Waals surface area (Å²) < 4.78 is 24.7. The molecule has 0 heterocycles. The average molecular weight is 307 g/mol. The largest absolute Gasteiger partial charge is 0.346 e. The van der Waals surface area contributed by atoms with Gasteiger partial charge in [-0.15, -0.1) is 0 Å². The number of likely N-dealkylation sites (N-methyl/N-ethyl adjacent to an activating group) is 1. The molecule has 0 fully saturated rings. The predicted octanol–water partition coefficient (Wildman–Crippen LogP) is 0.458. The van der Waals surface area contributed by atoms with E-state index >= 15 is 0 Å². The summed E-state index contributed by atoms with van der Waals surface area (Å²) in [6, 6.07) is 0. The van der Waals surface area contributed by atoms with Crippen molar-refractivity contribution in [2.24, 2.45) is 0 Å². The summed E-state index contributed by atoms with van der Waals surface area (Å²) in [7, 11) is 2.29. The number of nitrogens with zero attached hydrogens (tertiary/aromatic N) is 3. The van der Waals surface area contributed by atoms with Crippen LogP contribution < -0.4 is 0 Å². The Balaban J connectivity index is 4.35. The summed E-state index contributed by atoms with van der Waals surface area (Å²) in [5, 5.41) is 0. The van der Waals surface area contributed by atoms with Crippen LogP contribution in [0, 0.1) is 0 Å². The van der Waals surface area contributed by atoms with E-state index in [0.717, 1.165) is 19.4 Å². The summed E-state index contributed by atoms with van der Waals surface area (Å²) in [6.07, 6.45) is 3.43. The Labute approximate surface area is 123 Å². The third-order valence-electron chi connectivity index (χ3n) is 3.11. The van der Waals surface area contributed by atoms with Gasteiger partial charge in [0, 0.05) is 39.6 Å². The Bertz CT molecular complexity index is 382. The molecule has 0 N–H and O–H groups in total. The molecule has 0 unspecified atom stereocenters. The minimum Gasteiger partial charge on any atom is -0.346 e. The SMILES string of the molecule is CCCCN(C)C(=O)CCN(CCN(C)C)S(C)(=O)=O. The normalized spacial score (nSPS) is 12.2. The molecular formula is C13H29N3O3S. The zero-order valence-corrected chi connectivity index (χ0v) is 14.2. The molecule has 0 saturated heterocycles. The Morgan fingerprint density at radius 3 is 2.05 bits per heavy atom. The summed E-state index contributed by atoms with van der Waals surface area (Å²) in [4.78, 5) is 15.5. The summed E-state index contributed by atoms with van der Waals surface area (Å²) in [5.74, 6) is -0.00282. The molecule has 0 atom stereocenters. The summed E-state index contributed by atoms with van der Waals surface area (Å²) >= 11 is 0. The van der Waals surface area contributed by atoms with Gasteiger partial charge in [0.2, 0.25) is 15.9 Å². The van der Waals surface area contributed by atoms with Crippen LogP contribution in [0.4, 0.5) is 0 Å². The standard InChI is InChI=1S/C13H29N3O3S/c1-6-7-9-15(4)13(17)8-10-16(20(5,18)19)12-11-14(2)3/h6-12H2,1-5H3. The first-order valence-corrected chi connectivity index (χ1v) is 8.87. The molecule has 0 radical (unpaired) electrons. The van der Waals surface area contributed by atoms with E-state index < -0.39 is 10.0 Å². The maximum atomic E-state index is 11.9. The molecule has 0 aromatic heterocycles. The fourth-order valence-electron chi connectivity index (χ4n) is 1.69. The van der Waals surface area contributed by atoms with E-state index in [0.29, 0.717) is 13.1 Å². The maximum Gasteiger partial charge on any atom is 0.223 e. The lowest BCUT2D eigenvalue weighted by molar-refractivity contribution is -0.130. The van der Waals surface area contributed by atoms with E-state index in [-0.39, 0.29) is 18.9 Å². The van der Waals surface area contributed by atoms with Gasteiger partial charge in [-0.3, -0.25) is 4.79 Å². The zero-order valence-electron chi connectivity index (χ0n) is 13.4. The van der Waals surface area contributed by atoms with Gasteiger partial charge in [0.05, 0.1) is 6.26 Å². The molecule has 0 aliphatic carbocycles. The van der Waals surface area contributed by atoms with E-state index in [1.807, 2.05) is 19.0 Å². The van der Waals surface area contributed by atoms with Crippen molar-refractivity contribution in [1.82, 2.24) is 14.1 Å². The topological polar surface area (TPSA) is 60.9 Å². The van der Waals surface area contributed by atoms with Gasteiger partial charge in [-0.2, -0.15) is 0 Å². The van der Waals surface area contributed by atoms with Crippen molar-refractivity contribution >= 4 is 15.9 Å². The molecule has 0 aromatic carbocycles. The van der Waals surface area contributed by atoms with Crippen LogP contribution in [0.2, 0.25) is 0 Å². The van der Waals surface area contributed by atoms with Crippen LogP contribution in [0.15, 0.2) is 0 Å². The Hall–Kier alpha value is -0.660. The van der Waals surface area contributed by atoms with Crippen molar-refractivity contribution in [2.75, 3.05) is 53.6 Å². The molecule has 120 valence electrons. The number of unbranched alkanes of at least 4 members (excludes halogenated alkanes) is 1. The monoisotopic (exact) mass is 307 g/mol. The van der Waals surface area contributed by atoms with Crippen LogP contribution in [0.5, 0.6) is 0 Å². The van der Waals surface area contributed by atoms with Crippen molar-refractivity contribution < 1.29 is 13.2 Å². The highest BCUT2D eigenvalue weighted by Gasteiger charge is 2.18. The molecular weight excluding hydrogens is 278 g/mol. The smallest absolute Gasteiger partial charge is 0.223 e. The van der Waals surface area contributed by atoms with Crippen LogP contribution >= 0.6 is 0 Å². The average Bonchev–Trinajstić information content (AvgIpc) is 2.33. The number of carbonyl (C=O) groups is 1. The third-order valence-corrected chi connectivity index (χ3v) is 4.42. The Kier molecular flexibility index (Phi) is 9.00. The van der Waals surface area contributed by atoms with Gasteiger partial charge in [0.1, 0.15) is 0 Å². The molecule has 0 aromatic rings. The molecule has 0 bridgehead atoms. The second-order valence-corrected chi connectivity index (χ2v) is 7.37. The number of sulfonamides is 1. The fourth-order valence-corrected chi connectivity index (χ4v) is 2.52.